The van der Waals surface area contributed by atoms with Crippen LogP contribution in [0.15, 0.2) is 48.8 Å². The molecule has 2 nitrogen and oxygen atoms in total. The summed E-state index contributed by atoms with van der Waals surface area (Å²) in [7, 11) is 0. The van der Waals surface area contributed by atoms with E-state index in [-0.39, 0.29) is 0 Å². The number of benzene rings is 1. The lowest BCUT2D eigenvalue weighted by atomic mass is 10.00. The zero-order valence-electron chi connectivity index (χ0n) is 11.1. The van der Waals surface area contributed by atoms with Crippen LogP contribution >= 0.6 is 11.6 Å². The Morgan fingerprint density at radius 3 is 2.47 bits per heavy atom. The van der Waals surface area contributed by atoms with Crippen LogP contribution in [0.2, 0.25) is 5.02 Å². The molecule has 1 N–H and O–H groups in total. The number of hydrogen-bond acceptors (Lipinski definition) is 2. The van der Waals surface area contributed by atoms with Crippen LogP contribution in [0, 0.1) is 0 Å². The zero-order valence-corrected chi connectivity index (χ0v) is 11.9. The highest BCUT2D eigenvalue weighted by molar-refractivity contribution is 6.30. The highest BCUT2D eigenvalue weighted by Crippen LogP contribution is 2.13. The molecule has 0 fully saturated rings. The molecule has 1 atom stereocenters. The van der Waals surface area contributed by atoms with Crippen molar-refractivity contribution in [1.29, 1.82) is 0 Å². The van der Waals surface area contributed by atoms with Crippen molar-refractivity contribution in [1.82, 2.24) is 10.3 Å². The number of pyridine rings is 1. The lowest BCUT2D eigenvalue weighted by Crippen LogP contribution is -2.33. The normalized spacial score (nSPS) is 12.3. The van der Waals surface area contributed by atoms with Crippen LogP contribution in [-0.2, 0) is 12.8 Å². The summed E-state index contributed by atoms with van der Waals surface area (Å²) in [6.07, 6.45) is 5.74. The summed E-state index contributed by atoms with van der Waals surface area (Å²) in [6, 6.07) is 12.6. The van der Waals surface area contributed by atoms with Gasteiger partial charge in [0.05, 0.1) is 0 Å². The predicted molar refractivity (Wildman–Crippen MR) is 80.6 cm³/mol. The van der Waals surface area contributed by atoms with Gasteiger partial charge < -0.3 is 5.32 Å². The van der Waals surface area contributed by atoms with Gasteiger partial charge in [-0.1, -0.05) is 36.7 Å². The number of likely N-dealkylation sites (N-methyl/N-ethyl adjacent to an activating group) is 1. The molecule has 0 radical (unpaired) electrons. The highest BCUT2D eigenvalue weighted by atomic mass is 35.5. The predicted octanol–water partition coefficient (Wildman–Crippen LogP) is 3.50. The second kappa shape index (κ2) is 7.27. The molecule has 2 rings (SSSR count). The van der Waals surface area contributed by atoms with Crippen LogP contribution < -0.4 is 5.32 Å². The molecule has 0 spiro atoms. The van der Waals surface area contributed by atoms with E-state index in [4.69, 9.17) is 11.6 Å². The molecule has 1 heterocycles. The van der Waals surface area contributed by atoms with Crippen molar-refractivity contribution in [3.8, 4) is 0 Å². The van der Waals surface area contributed by atoms with E-state index in [0.717, 1.165) is 24.4 Å². The van der Waals surface area contributed by atoms with E-state index in [1.54, 1.807) is 0 Å². The first-order valence-electron chi connectivity index (χ1n) is 6.64. The first-order valence-corrected chi connectivity index (χ1v) is 7.02. The van der Waals surface area contributed by atoms with E-state index in [1.807, 2.05) is 30.6 Å². The number of hydrogen-bond donors (Lipinski definition) is 1. The minimum absolute atomic E-state index is 0.426. The third kappa shape index (κ3) is 4.66. The van der Waals surface area contributed by atoms with Crippen molar-refractivity contribution in [3.63, 3.8) is 0 Å². The van der Waals surface area contributed by atoms with Crippen LogP contribution in [0.4, 0.5) is 0 Å². The van der Waals surface area contributed by atoms with Crippen molar-refractivity contribution >= 4 is 11.6 Å². The van der Waals surface area contributed by atoms with Gasteiger partial charge in [0.2, 0.25) is 0 Å². The Balaban J connectivity index is 2.01. The van der Waals surface area contributed by atoms with Crippen molar-refractivity contribution in [2.75, 3.05) is 6.54 Å². The lowest BCUT2D eigenvalue weighted by molar-refractivity contribution is 0.521. The number of aromatic nitrogens is 1. The van der Waals surface area contributed by atoms with Crippen molar-refractivity contribution < 1.29 is 0 Å². The smallest absolute Gasteiger partial charge is 0.0406 e. The summed E-state index contributed by atoms with van der Waals surface area (Å²) in [5.41, 5.74) is 2.57. The van der Waals surface area contributed by atoms with Gasteiger partial charge in [0, 0.05) is 23.5 Å². The average Bonchev–Trinajstić information content (AvgIpc) is 2.43. The average molecular weight is 275 g/mol. The van der Waals surface area contributed by atoms with Gasteiger partial charge >= 0.3 is 0 Å². The largest absolute Gasteiger partial charge is 0.314 e. The molecule has 0 bridgehead atoms. The van der Waals surface area contributed by atoms with Crippen molar-refractivity contribution in [2.24, 2.45) is 0 Å². The van der Waals surface area contributed by atoms with Gasteiger partial charge in [-0.2, -0.15) is 0 Å². The van der Waals surface area contributed by atoms with Gasteiger partial charge in [0.15, 0.2) is 0 Å². The highest BCUT2D eigenvalue weighted by Gasteiger charge is 2.09. The number of halogens is 1. The molecule has 0 aliphatic rings. The molecular weight excluding hydrogens is 256 g/mol. The Bertz CT molecular complexity index is 482. The van der Waals surface area contributed by atoms with Crippen LogP contribution in [0.25, 0.3) is 0 Å². The maximum atomic E-state index is 5.92. The SMILES string of the molecule is CCNC(Cc1ccc(Cl)cc1)Cc1cccnc1. The van der Waals surface area contributed by atoms with E-state index in [9.17, 15) is 0 Å². The lowest BCUT2D eigenvalue weighted by Gasteiger charge is -2.18. The van der Waals surface area contributed by atoms with Gasteiger partial charge in [0.25, 0.3) is 0 Å². The van der Waals surface area contributed by atoms with E-state index in [0.29, 0.717) is 6.04 Å². The molecule has 19 heavy (non-hydrogen) atoms. The Hall–Kier alpha value is -1.38. The minimum atomic E-state index is 0.426. The van der Waals surface area contributed by atoms with E-state index >= 15 is 0 Å². The summed E-state index contributed by atoms with van der Waals surface area (Å²) in [4.78, 5) is 4.17. The summed E-state index contributed by atoms with van der Waals surface area (Å²) in [6.45, 7) is 3.11. The van der Waals surface area contributed by atoms with Crippen LogP contribution in [0.1, 0.15) is 18.1 Å². The molecule has 3 heteroatoms. The molecule has 0 saturated carbocycles. The standard InChI is InChI=1S/C16H19ClN2/c1-2-19-16(11-14-4-3-9-18-12-14)10-13-5-7-15(17)8-6-13/h3-9,12,16,19H,2,10-11H2,1H3. The maximum Gasteiger partial charge on any atom is 0.0406 e. The number of nitrogens with zero attached hydrogens (tertiary/aromatic N) is 1. The first-order chi connectivity index (χ1) is 9.28. The Kier molecular flexibility index (Phi) is 5.37. The van der Waals surface area contributed by atoms with Gasteiger partial charge in [-0.3, -0.25) is 4.98 Å². The van der Waals surface area contributed by atoms with Crippen LogP contribution in [-0.4, -0.2) is 17.6 Å². The molecule has 1 aromatic carbocycles. The first kappa shape index (κ1) is 14.0. The minimum Gasteiger partial charge on any atom is -0.314 e. The molecule has 2 aromatic rings. The van der Waals surface area contributed by atoms with Crippen molar-refractivity contribution in [3.05, 3.63) is 64.9 Å². The number of nitrogens with one attached hydrogen (secondary N) is 1. The molecule has 1 aromatic heterocycles. The Labute approximate surface area is 119 Å². The second-order valence-corrected chi connectivity index (χ2v) is 5.09. The molecule has 0 amide bonds. The summed E-state index contributed by atoms with van der Waals surface area (Å²) in [5.74, 6) is 0. The molecular formula is C16H19ClN2. The van der Waals surface area contributed by atoms with Gasteiger partial charge in [-0.05, 0) is 48.7 Å². The number of rotatable bonds is 6. The van der Waals surface area contributed by atoms with Crippen molar-refractivity contribution in [2.45, 2.75) is 25.8 Å². The second-order valence-electron chi connectivity index (χ2n) is 4.65. The topological polar surface area (TPSA) is 24.9 Å². The maximum absolute atomic E-state index is 5.92. The Morgan fingerprint density at radius 1 is 1.11 bits per heavy atom. The monoisotopic (exact) mass is 274 g/mol. The van der Waals surface area contributed by atoms with Crippen LogP contribution in [0.3, 0.4) is 0 Å². The van der Waals surface area contributed by atoms with E-state index in [2.05, 4.69) is 35.4 Å². The molecule has 0 aliphatic heterocycles. The quantitative estimate of drug-likeness (QED) is 0.872. The molecule has 1 unspecified atom stereocenters. The Morgan fingerprint density at radius 2 is 1.84 bits per heavy atom. The molecule has 100 valence electrons. The summed E-state index contributed by atoms with van der Waals surface area (Å²) >= 11 is 5.92. The third-order valence-electron chi connectivity index (χ3n) is 3.09. The third-order valence-corrected chi connectivity index (χ3v) is 3.35. The van der Waals surface area contributed by atoms with Gasteiger partial charge in [-0.25, -0.2) is 0 Å². The summed E-state index contributed by atoms with van der Waals surface area (Å²) < 4.78 is 0. The molecule has 0 aliphatic carbocycles. The fourth-order valence-electron chi connectivity index (χ4n) is 2.21. The zero-order chi connectivity index (χ0) is 13.5. The van der Waals surface area contributed by atoms with Gasteiger partial charge in [0.1, 0.15) is 0 Å². The molecule has 0 saturated heterocycles. The van der Waals surface area contributed by atoms with E-state index in [1.165, 1.54) is 11.1 Å². The van der Waals surface area contributed by atoms with Crippen LogP contribution in [0.5, 0.6) is 0 Å². The fourth-order valence-corrected chi connectivity index (χ4v) is 2.34. The van der Waals surface area contributed by atoms with E-state index < -0.39 is 0 Å². The summed E-state index contributed by atoms with van der Waals surface area (Å²) in [5, 5.41) is 4.32. The fraction of sp³-hybridized carbons (Fsp3) is 0.312. The van der Waals surface area contributed by atoms with Gasteiger partial charge in [-0.15, -0.1) is 0 Å².